The van der Waals surface area contributed by atoms with Crippen LogP contribution in [0.5, 0.6) is 5.75 Å². The average molecular weight is 211 g/mol. The highest BCUT2D eigenvalue weighted by molar-refractivity contribution is 5.55. The molecule has 4 heteroatoms. The van der Waals surface area contributed by atoms with Crippen molar-refractivity contribution < 1.29 is 14.9 Å². The Hall–Kier alpha value is -1.26. The van der Waals surface area contributed by atoms with Gasteiger partial charge in [-0.2, -0.15) is 0 Å². The highest BCUT2D eigenvalue weighted by atomic mass is 16.5. The number of phenols is 1. The van der Waals surface area contributed by atoms with Crippen LogP contribution in [0.2, 0.25) is 0 Å². The summed E-state index contributed by atoms with van der Waals surface area (Å²) in [5.41, 5.74) is 0.619. The first-order chi connectivity index (χ1) is 7.24. The normalized spacial score (nSPS) is 12.4. The van der Waals surface area contributed by atoms with Gasteiger partial charge >= 0.3 is 0 Å². The van der Waals surface area contributed by atoms with Crippen LogP contribution in [-0.4, -0.2) is 36.1 Å². The largest absolute Gasteiger partial charge is 0.506 e. The Labute approximate surface area is 89.5 Å². The Balaban J connectivity index is 2.33. The molecule has 1 atom stereocenters. The molecule has 0 aliphatic carbocycles. The van der Waals surface area contributed by atoms with Crippen LogP contribution in [0.25, 0.3) is 0 Å². The van der Waals surface area contributed by atoms with Crippen molar-refractivity contribution in [1.29, 1.82) is 0 Å². The zero-order chi connectivity index (χ0) is 11.1. The molecule has 15 heavy (non-hydrogen) atoms. The molecule has 0 aliphatic heterocycles. The highest BCUT2D eigenvalue weighted by Gasteiger charge is 2.04. The fraction of sp³-hybridized carbons (Fsp3) is 0.455. The molecule has 1 unspecified atom stereocenters. The van der Waals surface area contributed by atoms with Crippen LogP contribution in [0.4, 0.5) is 5.69 Å². The molecule has 0 heterocycles. The Morgan fingerprint density at radius 2 is 2.13 bits per heavy atom. The number of aliphatic hydroxyl groups excluding tert-OH is 1. The van der Waals surface area contributed by atoms with E-state index in [9.17, 15) is 10.2 Å². The van der Waals surface area contributed by atoms with Gasteiger partial charge in [-0.25, -0.2) is 0 Å². The number of aliphatic hydroxyl groups is 1. The molecule has 0 amide bonds. The minimum absolute atomic E-state index is 0.182. The maximum absolute atomic E-state index is 9.46. The van der Waals surface area contributed by atoms with Gasteiger partial charge in [0.1, 0.15) is 5.75 Å². The van der Waals surface area contributed by atoms with Crippen LogP contribution in [0.15, 0.2) is 24.3 Å². The summed E-state index contributed by atoms with van der Waals surface area (Å²) in [4.78, 5) is 0. The summed E-state index contributed by atoms with van der Waals surface area (Å²) in [6, 6.07) is 6.91. The minimum Gasteiger partial charge on any atom is -0.506 e. The lowest BCUT2D eigenvalue weighted by atomic mass is 10.3. The van der Waals surface area contributed by atoms with Crippen LogP contribution in [0.3, 0.4) is 0 Å². The Bertz CT molecular complexity index is 291. The molecule has 1 aromatic carbocycles. The van der Waals surface area contributed by atoms with Gasteiger partial charge in [-0.1, -0.05) is 12.1 Å². The molecule has 0 bridgehead atoms. The molecule has 1 aromatic rings. The predicted octanol–water partition coefficient (Wildman–Crippen LogP) is 1.20. The van der Waals surface area contributed by atoms with Gasteiger partial charge in [0, 0.05) is 13.2 Å². The van der Waals surface area contributed by atoms with Gasteiger partial charge in [-0.05, 0) is 19.1 Å². The Kier molecular flexibility index (Phi) is 4.93. The van der Waals surface area contributed by atoms with Gasteiger partial charge in [0.25, 0.3) is 0 Å². The van der Waals surface area contributed by atoms with Crippen molar-refractivity contribution >= 4 is 5.69 Å². The molecule has 1 rings (SSSR count). The predicted molar refractivity (Wildman–Crippen MR) is 59.1 cm³/mol. The first kappa shape index (κ1) is 11.8. The summed E-state index contributed by atoms with van der Waals surface area (Å²) in [7, 11) is 0. The van der Waals surface area contributed by atoms with Crippen molar-refractivity contribution in [2.45, 2.75) is 13.0 Å². The number of ether oxygens (including phenoxy) is 1. The lowest BCUT2D eigenvalue weighted by Crippen LogP contribution is -2.24. The van der Waals surface area contributed by atoms with Gasteiger partial charge in [-0.3, -0.25) is 0 Å². The number of benzene rings is 1. The van der Waals surface area contributed by atoms with E-state index < -0.39 is 6.10 Å². The summed E-state index contributed by atoms with van der Waals surface area (Å²) >= 11 is 0. The fourth-order valence-corrected chi connectivity index (χ4v) is 1.16. The number of hydrogen-bond acceptors (Lipinski definition) is 4. The number of aromatic hydroxyl groups is 1. The Morgan fingerprint density at radius 1 is 1.40 bits per heavy atom. The molecular formula is C11H17NO3. The van der Waals surface area contributed by atoms with Crippen LogP contribution in [0.1, 0.15) is 6.92 Å². The molecule has 3 N–H and O–H groups in total. The van der Waals surface area contributed by atoms with Gasteiger partial charge in [-0.15, -0.1) is 0 Å². The maximum Gasteiger partial charge on any atom is 0.138 e. The van der Waals surface area contributed by atoms with Crippen LogP contribution in [0, 0.1) is 0 Å². The second kappa shape index (κ2) is 6.27. The zero-order valence-electron chi connectivity index (χ0n) is 8.81. The zero-order valence-corrected chi connectivity index (χ0v) is 8.81. The molecule has 84 valence electrons. The third kappa shape index (κ3) is 4.18. The molecule has 0 aromatic heterocycles. The number of nitrogens with one attached hydrogen (secondary N) is 1. The number of anilines is 1. The molecule has 0 radical (unpaired) electrons. The number of rotatable bonds is 6. The summed E-state index contributed by atoms with van der Waals surface area (Å²) in [5, 5.41) is 21.8. The minimum atomic E-state index is -0.565. The van der Waals surface area contributed by atoms with Crippen molar-refractivity contribution in [3.8, 4) is 5.75 Å². The standard InChI is InChI=1S/C11H17NO3/c1-2-15-8-9(13)7-12-10-5-3-4-6-11(10)14/h3-6,9,12-14H,2,7-8H2,1H3. The van der Waals surface area contributed by atoms with E-state index in [0.717, 1.165) is 0 Å². The number of hydrogen-bond donors (Lipinski definition) is 3. The van der Waals surface area contributed by atoms with E-state index in [-0.39, 0.29) is 5.75 Å². The average Bonchev–Trinajstić information content (AvgIpc) is 2.25. The third-order valence-corrected chi connectivity index (χ3v) is 1.95. The van der Waals surface area contributed by atoms with E-state index in [1.165, 1.54) is 0 Å². The molecule has 0 aliphatic rings. The summed E-state index contributed by atoms with van der Waals surface area (Å²) < 4.78 is 5.06. The SMILES string of the molecule is CCOCC(O)CNc1ccccc1O. The first-order valence-electron chi connectivity index (χ1n) is 5.01. The van der Waals surface area contributed by atoms with E-state index in [0.29, 0.717) is 25.4 Å². The number of para-hydroxylation sites is 2. The van der Waals surface area contributed by atoms with Gasteiger partial charge in [0.2, 0.25) is 0 Å². The molecular weight excluding hydrogens is 194 g/mol. The van der Waals surface area contributed by atoms with E-state index in [1.54, 1.807) is 18.2 Å². The lowest BCUT2D eigenvalue weighted by Gasteiger charge is -2.13. The molecule has 0 saturated heterocycles. The van der Waals surface area contributed by atoms with Crippen LogP contribution < -0.4 is 5.32 Å². The van der Waals surface area contributed by atoms with E-state index in [2.05, 4.69) is 5.32 Å². The monoisotopic (exact) mass is 211 g/mol. The molecule has 4 nitrogen and oxygen atoms in total. The molecule has 0 fully saturated rings. The van der Waals surface area contributed by atoms with Crippen molar-refractivity contribution in [3.05, 3.63) is 24.3 Å². The van der Waals surface area contributed by atoms with Crippen LogP contribution in [-0.2, 0) is 4.74 Å². The second-order valence-corrected chi connectivity index (χ2v) is 3.21. The van der Waals surface area contributed by atoms with Gasteiger partial charge in [0.05, 0.1) is 18.4 Å². The Morgan fingerprint density at radius 3 is 2.80 bits per heavy atom. The summed E-state index contributed by atoms with van der Waals surface area (Å²) in [6.45, 7) is 3.13. The lowest BCUT2D eigenvalue weighted by molar-refractivity contribution is 0.0495. The quantitative estimate of drug-likeness (QED) is 0.619. The van der Waals surface area contributed by atoms with E-state index in [1.807, 2.05) is 13.0 Å². The first-order valence-corrected chi connectivity index (χ1v) is 5.01. The van der Waals surface area contributed by atoms with Gasteiger partial charge in [0.15, 0.2) is 0 Å². The second-order valence-electron chi connectivity index (χ2n) is 3.21. The van der Waals surface area contributed by atoms with E-state index >= 15 is 0 Å². The topological polar surface area (TPSA) is 61.7 Å². The molecule has 0 spiro atoms. The highest BCUT2D eigenvalue weighted by Crippen LogP contribution is 2.21. The third-order valence-electron chi connectivity index (χ3n) is 1.95. The van der Waals surface area contributed by atoms with Crippen molar-refractivity contribution in [1.82, 2.24) is 0 Å². The number of phenolic OH excluding ortho intramolecular Hbond substituents is 1. The fourth-order valence-electron chi connectivity index (χ4n) is 1.16. The van der Waals surface area contributed by atoms with Crippen molar-refractivity contribution in [2.75, 3.05) is 25.1 Å². The molecule has 0 saturated carbocycles. The summed E-state index contributed by atoms with van der Waals surface area (Å²) in [5.74, 6) is 0.182. The van der Waals surface area contributed by atoms with E-state index in [4.69, 9.17) is 4.74 Å². The van der Waals surface area contributed by atoms with Crippen molar-refractivity contribution in [2.24, 2.45) is 0 Å². The maximum atomic E-state index is 9.46. The summed E-state index contributed by atoms with van der Waals surface area (Å²) in [6.07, 6.45) is -0.565. The van der Waals surface area contributed by atoms with Crippen LogP contribution >= 0.6 is 0 Å². The smallest absolute Gasteiger partial charge is 0.138 e. The van der Waals surface area contributed by atoms with Crippen molar-refractivity contribution in [3.63, 3.8) is 0 Å². The van der Waals surface area contributed by atoms with Gasteiger partial charge < -0.3 is 20.3 Å².